The summed E-state index contributed by atoms with van der Waals surface area (Å²) in [4.78, 5) is 2.35. The van der Waals surface area contributed by atoms with E-state index in [9.17, 15) is 5.11 Å². The Bertz CT molecular complexity index is 229. The van der Waals surface area contributed by atoms with Crippen LogP contribution in [0.2, 0.25) is 0 Å². The molecular weight excluding hydrogens is 198 g/mol. The maximum Gasteiger partial charge on any atom is 0.0695 e. The summed E-state index contributed by atoms with van der Waals surface area (Å²) in [6, 6.07) is 0.336. The molecule has 0 heterocycles. The molecule has 2 nitrogen and oxygen atoms in total. The quantitative estimate of drug-likeness (QED) is 0.784. The zero-order valence-electron chi connectivity index (χ0n) is 11.9. The Morgan fingerprint density at radius 2 is 1.88 bits per heavy atom. The number of nitrogens with zero attached hydrogens (tertiary/aromatic N) is 1. The van der Waals surface area contributed by atoms with Gasteiger partial charge in [-0.3, -0.25) is 0 Å². The molecule has 1 saturated carbocycles. The minimum Gasteiger partial charge on any atom is -0.391 e. The third-order valence-electron chi connectivity index (χ3n) is 3.61. The Morgan fingerprint density at radius 3 is 2.38 bits per heavy atom. The summed E-state index contributed by atoms with van der Waals surface area (Å²) in [7, 11) is 2.15. The zero-order valence-corrected chi connectivity index (χ0v) is 11.9. The molecule has 0 aromatic carbocycles. The third-order valence-corrected chi connectivity index (χ3v) is 3.61. The number of hydrogen-bond donors (Lipinski definition) is 1. The fourth-order valence-electron chi connectivity index (χ4n) is 2.85. The Morgan fingerprint density at radius 1 is 1.31 bits per heavy atom. The molecule has 1 fully saturated rings. The van der Waals surface area contributed by atoms with Crippen LogP contribution in [0.25, 0.3) is 0 Å². The minimum absolute atomic E-state index is 0.139. The van der Waals surface area contributed by atoms with E-state index >= 15 is 0 Å². The van der Waals surface area contributed by atoms with E-state index < -0.39 is 0 Å². The molecule has 0 bridgehead atoms. The molecule has 0 aromatic rings. The van der Waals surface area contributed by atoms with E-state index in [1.807, 2.05) is 0 Å². The van der Waals surface area contributed by atoms with Crippen LogP contribution < -0.4 is 0 Å². The van der Waals surface area contributed by atoms with Crippen molar-refractivity contribution in [2.45, 2.75) is 66.0 Å². The number of aliphatic hydroxyl groups is 1. The molecule has 0 saturated heterocycles. The molecule has 2 heteroatoms. The van der Waals surface area contributed by atoms with E-state index in [1.54, 1.807) is 0 Å². The molecule has 1 aliphatic rings. The Balaban J connectivity index is 2.62. The number of likely N-dealkylation sites (N-methyl/N-ethyl adjacent to an activating group) is 1. The summed E-state index contributed by atoms with van der Waals surface area (Å²) >= 11 is 0. The van der Waals surface area contributed by atoms with Crippen molar-refractivity contribution < 1.29 is 5.11 Å². The lowest BCUT2D eigenvalue weighted by Gasteiger charge is -2.44. The molecule has 0 spiro atoms. The summed E-state index contributed by atoms with van der Waals surface area (Å²) in [5, 5.41) is 10.1. The summed E-state index contributed by atoms with van der Waals surface area (Å²) in [5.74, 6) is 0. The van der Waals surface area contributed by atoms with Gasteiger partial charge in [0, 0.05) is 12.6 Å². The molecule has 0 aromatic heterocycles. The second-order valence-corrected chi connectivity index (χ2v) is 7.52. The van der Waals surface area contributed by atoms with Crippen LogP contribution >= 0.6 is 0 Å². The summed E-state index contributed by atoms with van der Waals surface area (Å²) in [5.41, 5.74) is 0.687. The topological polar surface area (TPSA) is 23.5 Å². The molecule has 1 rings (SSSR count). The fourth-order valence-corrected chi connectivity index (χ4v) is 2.85. The van der Waals surface area contributed by atoms with Gasteiger partial charge in [-0.15, -0.1) is 0 Å². The molecule has 2 atom stereocenters. The lowest BCUT2D eigenvalue weighted by molar-refractivity contribution is -0.0168. The van der Waals surface area contributed by atoms with Crippen molar-refractivity contribution in [3.63, 3.8) is 0 Å². The first-order chi connectivity index (χ1) is 7.11. The van der Waals surface area contributed by atoms with Crippen molar-refractivity contribution in [2.75, 3.05) is 13.6 Å². The van der Waals surface area contributed by atoms with Gasteiger partial charge in [0.15, 0.2) is 0 Å². The van der Waals surface area contributed by atoms with Crippen LogP contribution in [-0.2, 0) is 0 Å². The van der Waals surface area contributed by atoms with Gasteiger partial charge in [0.1, 0.15) is 0 Å². The number of rotatable bonds is 2. The van der Waals surface area contributed by atoms with Gasteiger partial charge in [-0.2, -0.15) is 0 Å². The average molecular weight is 227 g/mol. The highest BCUT2D eigenvalue weighted by Gasteiger charge is 2.36. The molecule has 0 aliphatic heterocycles. The van der Waals surface area contributed by atoms with Crippen molar-refractivity contribution in [1.82, 2.24) is 4.90 Å². The zero-order chi connectivity index (χ0) is 12.6. The van der Waals surface area contributed by atoms with Crippen molar-refractivity contribution in [3.05, 3.63) is 0 Å². The van der Waals surface area contributed by atoms with Crippen molar-refractivity contribution in [1.29, 1.82) is 0 Å². The minimum atomic E-state index is -0.139. The summed E-state index contributed by atoms with van der Waals surface area (Å²) in [6.07, 6.45) is 3.07. The van der Waals surface area contributed by atoms with Crippen LogP contribution in [0.1, 0.15) is 53.9 Å². The van der Waals surface area contributed by atoms with Gasteiger partial charge in [-0.25, -0.2) is 0 Å². The molecule has 16 heavy (non-hydrogen) atoms. The van der Waals surface area contributed by atoms with Crippen LogP contribution in [0.15, 0.2) is 0 Å². The van der Waals surface area contributed by atoms with Crippen LogP contribution in [0.3, 0.4) is 0 Å². The van der Waals surface area contributed by atoms with E-state index in [0.717, 1.165) is 25.8 Å². The maximum absolute atomic E-state index is 10.1. The first-order valence-corrected chi connectivity index (χ1v) is 6.49. The van der Waals surface area contributed by atoms with E-state index in [1.165, 1.54) is 0 Å². The van der Waals surface area contributed by atoms with Crippen LogP contribution in [0, 0.1) is 10.8 Å². The highest BCUT2D eigenvalue weighted by molar-refractivity contribution is 4.90. The number of aliphatic hydroxyl groups excluding tert-OH is 1. The van der Waals surface area contributed by atoms with Gasteiger partial charge < -0.3 is 10.0 Å². The second-order valence-electron chi connectivity index (χ2n) is 7.52. The van der Waals surface area contributed by atoms with Crippen molar-refractivity contribution >= 4 is 0 Å². The van der Waals surface area contributed by atoms with Gasteiger partial charge >= 0.3 is 0 Å². The average Bonchev–Trinajstić information content (AvgIpc) is 2.06. The highest BCUT2D eigenvalue weighted by Crippen LogP contribution is 2.37. The van der Waals surface area contributed by atoms with Gasteiger partial charge in [0.25, 0.3) is 0 Å². The monoisotopic (exact) mass is 227 g/mol. The highest BCUT2D eigenvalue weighted by atomic mass is 16.3. The lowest BCUT2D eigenvalue weighted by atomic mass is 9.73. The standard InChI is InChI=1S/C14H29NO/c1-13(2,3)10-15(6)11-9-14(4,5)8-7-12(11)16/h11-12,16H,7-10H2,1-6H3. The van der Waals surface area contributed by atoms with E-state index in [2.05, 4.69) is 46.6 Å². The Hall–Kier alpha value is -0.0800. The Labute approximate surface area is 101 Å². The molecule has 2 unspecified atom stereocenters. The van der Waals surface area contributed by atoms with E-state index in [0.29, 0.717) is 16.9 Å². The maximum atomic E-state index is 10.1. The molecule has 1 aliphatic carbocycles. The first kappa shape index (κ1) is 14.0. The predicted molar refractivity (Wildman–Crippen MR) is 69.5 cm³/mol. The van der Waals surface area contributed by atoms with Crippen LogP contribution in [0.5, 0.6) is 0 Å². The van der Waals surface area contributed by atoms with Crippen molar-refractivity contribution in [2.24, 2.45) is 10.8 Å². The van der Waals surface area contributed by atoms with E-state index in [4.69, 9.17) is 0 Å². The van der Waals surface area contributed by atoms with Crippen LogP contribution in [0.4, 0.5) is 0 Å². The molecule has 1 N–H and O–H groups in total. The number of hydrogen-bond acceptors (Lipinski definition) is 2. The molecular formula is C14H29NO. The molecule has 0 radical (unpaired) electrons. The molecule has 0 amide bonds. The smallest absolute Gasteiger partial charge is 0.0695 e. The van der Waals surface area contributed by atoms with Crippen molar-refractivity contribution in [3.8, 4) is 0 Å². The van der Waals surface area contributed by atoms with Gasteiger partial charge in [-0.05, 0) is 37.1 Å². The van der Waals surface area contributed by atoms with E-state index in [-0.39, 0.29) is 6.10 Å². The van der Waals surface area contributed by atoms with Gasteiger partial charge in [0.05, 0.1) is 6.10 Å². The second kappa shape index (κ2) is 4.66. The third kappa shape index (κ3) is 4.06. The first-order valence-electron chi connectivity index (χ1n) is 6.49. The fraction of sp³-hybridized carbons (Fsp3) is 1.00. The normalized spacial score (nSPS) is 30.8. The van der Waals surface area contributed by atoms with Gasteiger partial charge in [-0.1, -0.05) is 34.6 Å². The predicted octanol–water partition coefficient (Wildman–Crippen LogP) is 2.90. The van der Waals surface area contributed by atoms with Gasteiger partial charge in [0.2, 0.25) is 0 Å². The summed E-state index contributed by atoms with van der Waals surface area (Å²) < 4.78 is 0. The lowest BCUT2D eigenvalue weighted by Crippen LogP contribution is -2.49. The molecule has 96 valence electrons. The SMILES string of the molecule is CN(CC(C)(C)C)C1CC(C)(C)CCC1O. The Kier molecular flexibility index (Phi) is 4.07. The summed E-state index contributed by atoms with van der Waals surface area (Å²) in [6.45, 7) is 12.4. The van der Waals surface area contributed by atoms with Crippen LogP contribution in [-0.4, -0.2) is 35.7 Å². The largest absolute Gasteiger partial charge is 0.391 e.